The smallest absolute Gasteiger partial charge is 0.0594 e. The van der Waals surface area contributed by atoms with E-state index in [0.29, 0.717) is 0 Å². The van der Waals surface area contributed by atoms with E-state index in [1.54, 1.807) is 0 Å². The van der Waals surface area contributed by atoms with Gasteiger partial charge in [0.05, 0.1) is 13.2 Å². The van der Waals surface area contributed by atoms with E-state index >= 15 is 0 Å². The first kappa shape index (κ1) is 17.2. The summed E-state index contributed by atoms with van der Waals surface area (Å²) in [4.78, 5) is 5.22. The standard InChI is InChI=1S/C18H36N2O/c1-15-7-5-9-19(17(15)3)11-13-21-14-12-20-10-6-8-16(2)18(20)4/h15-18H,5-14H2,1-4H3. The number of ether oxygens (including phenoxy) is 1. The molecule has 0 aromatic carbocycles. The Hall–Kier alpha value is -0.120. The van der Waals surface area contributed by atoms with Crippen molar-refractivity contribution in [2.24, 2.45) is 11.8 Å². The third-order valence-corrected chi connectivity index (χ3v) is 6.05. The van der Waals surface area contributed by atoms with E-state index in [1.165, 1.54) is 38.8 Å². The molecule has 0 radical (unpaired) electrons. The van der Waals surface area contributed by atoms with Gasteiger partial charge in [-0.15, -0.1) is 0 Å². The van der Waals surface area contributed by atoms with Gasteiger partial charge in [-0.05, 0) is 64.5 Å². The zero-order valence-corrected chi connectivity index (χ0v) is 14.7. The normalized spacial score (nSPS) is 36.0. The molecule has 0 aromatic heterocycles. The number of nitrogens with zero attached hydrogens (tertiary/aromatic N) is 2. The lowest BCUT2D eigenvalue weighted by Crippen LogP contribution is -2.45. The summed E-state index contributed by atoms with van der Waals surface area (Å²) in [5.74, 6) is 1.68. The largest absolute Gasteiger partial charge is 0.379 e. The van der Waals surface area contributed by atoms with Crippen LogP contribution in [-0.2, 0) is 4.74 Å². The molecule has 21 heavy (non-hydrogen) atoms. The fourth-order valence-corrected chi connectivity index (χ4v) is 3.94. The second-order valence-corrected chi connectivity index (χ2v) is 7.40. The monoisotopic (exact) mass is 296 g/mol. The van der Waals surface area contributed by atoms with E-state index < -0.39 is 0 Å². The van der Waals surface area contributed by atoms with Crippen LogP contribution in [0.1, 0.15) is 53.4 Å². The zero-order chi connectivity index (χ0) is 15.2. The summed E-state index contributed by atoms with van der Waals surface area (Å²) in [5.41, 5.74) is 0. The van der Waals surface area contributed by atoms with Gasteiger partial charge in [0.15, 0.2) is 0 Å². The van der Waals surface area contributed by atoms with Crippen molar-refractivity contribution in [3.8, 4) is 0 Å². The van der Waals surface area contributed by atoms with Crippen molar-refractivity contribution in [2.45, 2.75) is 65.5 Å². The number of piperidine rings is 2. The van der Waals surface area contributed by atoms with Crippen LogP contribution in [0, 0.1) is 11.8 Å². The number of likely N-dealkylation sites (tertiary alicyclic amines) is 2. The predicted octanol–water partition coefficient (Wildman–Crippen LogP) is 3.24. The van der Waals surface area contributed by atoms with Crippen molar-refractivity contribution in [1.82, 2.24) is 9.80 Å². The average Bonchev–Trinajstić information content (AvgIpc) is 2.47. The Bertz CT molecular complexity index is 269. The van der Waals surface area contributed by atoms with E-state index in [4.69, 9.17) is 4.74 Å². The van der Waals surface area contributed by atoms with Gasteiger partial charge in [0.25, 0.3) is 0 Å². The van der Waals surface area contributed by atoms with Gasteiger partial charge in [-0.3, -0.25) is 9.80 Å². The Labute approximate surface area is 132 Å². The highest BCUT2D eigenvalue weighted by Gasteiger charge is 2.25. The molecular formula is C18H36N2O. The van der Waals surface area contributed by atoms with Crippen molar-refractivity contribution < 1.29 is 4.74 Å². The Kier molecular flexibility index (Phi) is 6.97. The Morgan fingerprint density at radius 2 is 1.19 bits per heavy atom. The molecule has 2 aliphatic heterocycles. The van der Waals surface area contributed by atoms with E-state index in [9.17, 15) is 0 Å². The molecule has 2 heterocycles. The minimum atomic E-state index is 0.727. The van der Waals surface area contributed by atoms with E-state index in [2.05, 4.69) is 37.5 Å². The van der Waals surface area contributed by atoms with Crippen LogP contribution in [0.4, 0.5) is 0 Å². The van der Waals surface area contributed by atoms with Gasteiger partial charge in [0, 0.05) is 25.2 Å². The van der Waals surface area contributed by atoms with Crippen LogP contribution in [0.3, 0.4) is 0 Å². The quantitative estimate of drug-likeness (QED) is 0.700. The summed E-state index contributed by atoms with van der Waals surface area (Å²) in [6.07, 6.45) is 5.50. The third kappa shape index (κ3) is 4.94. The van der Waals surface area contributed by atoms with Crippen LogP contribution in [0.2, 0.25) is 0 Å². The summed E-state index contributed by atoms with van der Waals surface area (Å²) >= 11 is 0. The maximum Gasteiger partial charge on any atom is 0.0594 e. The van der Waals surface area contributed by atoms with Crippen molar-refractivity contribution in [1.29, 1.82) is 0 Å². The minimum absolute atomic E-state index is 0.727. The van der Waals surface area contributed by atoms with E-state index in [0.717, 1.165) is 50.2 Å². The molecule has 0 spiro atoms. The maximum atomic E-state index is 5.92. The third-order valence-electron chi connectivity index (χ3n) is 6.05. The lowest BCUT2D eigenvalue weighted by Gasteiger charge is -2.38. The highest BCUT2D eigenvalue weighted by atomic mass is 16.5. The summed E-state index contributed by atoms with van der Waals surface area (Å²) in [6.45, 7) is 16.1. The maximum absolute atomic E-state index is 5.92. The van der Waals surface area contributed by atoms with Crippen LogP contribution >= 0.6 is 0 Å². The molecule has 0 amide bonds. The molecule has 0 aliphatic carbocycles. The van der Waals surface area contributed by atoms with Gasteiger partial charge in [0.1, 0.15) is 0 Å². The first-order chi connectivity index (χ1) is 10.1. The van der Waals surface area contributed by atoms with Gasteiger partial charge in [-0.25, -0.2) is 0 Å². The van der Waals surface area contributed by atoms with Gasteiger partial charge in [0.2, 0.25) is 0 Å². The second-order valence-electron chi connectivity index (χ2n) is 7.40. The van der Waals surface area contributed by atoms with E-state index in [-0.39, 0.29) is 0 Å². The average molecular weight is 296 g/mol. The number of hydrogen-bond donors (Lipinski definition) is 0. The fourth-order valence-electron chi connectivity index (χ4n) is 3.94. The summed E-state index contributed by atoms with van der Waals surface area (Å²) in [6, 6.07) is 1.45. The summed E-state index contributed by atoms with van der Waals surface area (Å²) < 4.78 is 5.92. The number of hydrogen-bond acceptors (Lipinski definition) is 3. The topological polar surface area (TPSA) is 15.7 Å². The molecule has 0 N–H and O–H groups in total. The molecule has 0 saturated carbocycles. The molecule has 124 valence electrons. The molecule has 2 fully saturated rings. The number of rotatable bonds is 6. The summed E-state index contributed by atoms with van der Waals surface area (Å²) in [5, 5.41) is 0. The second kappa shape index (κ2) is 8.50. The molecule has 4 unspecified atom stereocenters. The molecular weight excluding hydrogens is 260 g/mol. The van der Waals surface area contributed by atoms with Crippen LogP contribution in [-0.4, -0.2) is 61.3 Å². The Morgan fingerprint density at radius 1 is 0.762 bits per heavy atom. The fraction of sp³-hybridized carbons (Fsp3) is 1.00. The SMILES string of the molecule is CC1CCCN(CCOCCN2CCCC(C)C2C)C1C. The van der Waals surface area contributed by atoms with Crippen molar-refractivity contribution in [3.63, 3.8) is 0 Å². The zero-order valence-electron chi connectivity index (χ0n) is 14.7. The molecule has 3 nitrogen and oxygen atoms in total. The highest BCUT2D eigenvalue weighted by molar-refractivity contribution is 4.79. The van der Waals surface area contributed by atoms with Crippen LogP contribution < -0.4 is 0 Å². The van der Waals surface area contributed by atoms with Gasteiger partial charge >= 0.3 is 0 Å². The molecule has 2 aliphatic rings. The van der Waals surface area contributed by atoms with E-state index in [1.807, 2.05) is 0 Å². The molecule has 2 saturated heterocycles. The van der Waals surface area contributed by atoms with Gasteiger partial charge in [-0.1, -0.05) is 13.8 Å². The highest BCUT2D eigenvalue weighted by Crippen LogP contribution is 2.23. The van der Waals surface area contributed by atoms with Gasteiger partial charge < -0.3 is 4.74 Å². The van der Waals surface area contributed by atoms with Crippen LogP contribution in [0.5, 0.6) is 0 Å². The molecule has 0 aromatic rings. The van der Waals surface area contributed by atoms with Crippen molar-refractivity contribution in [3.05, 3.63) is 0 Å². The first-order valence-electron chi connectivity index (χ1n) is 9.15. The molecule has 3 heteroatoms. The Morgan fingerprint density at radius 3 is 1.62 bits per heavy atom. The van der Waals surface area contributed by atoms with Crippen molar-refractivity contribution in [2.75, 3.05) is 39.4 Å². The predicted molar refractivity (Wildman–Crippen MR) is 89.7 cm³/mol. The molecule has 2 rings (SSSR count). The molecule has 0 bridgehead atoms. The lowest BCUT2D eigenvalue weighted by molar-refractivity contribution is 0.0332. The Balaban J connectivity index is 1.57. The van der Waals surface area contributed by atoms with Crippen LogP contribution in [0.25, 0.3) is 0 Å². The van der Waals surface area contributed by atoms with Crippen LogP contribution in [0.15, 0.2) is 0 Å². The van der Waals surface area contributed by atoms with Crippen molar-refractivity contribution >= 4 is 0 Å². The first-order valence-corrected chi connectivity index (χ1v) is 9.15. The van der Waals surface area contributed by atoms with Gasteiger partial charge in [-0.2, -0.15) is 0 Å². The lowest BCUT2D eigenvalue weighted by atomic mass is 9.92. The summed E-state index contributed by atoms with van der Waals surface area (Å²) in [7, 11) is 0. The minimum Gasteiger partial charge on any atom is -0.379 e. The molecule has 4 atom stereocenters.